The quantitative estimate of drug-likeness (QED) is 0.594. The van der Waals surface area contributed by atoms with Crippen molar-refractivity contribution in [1.82, 2.24) is 14.1 Å². The first-order valence-electron chi connectivity index (χ1n) is 5.18. The van der Waals surface area contributed by atoms with E-state index in [-0.39, 0.29) is 18.8 Å². The Kier molecular flexibility index (Phi) is 3.70. The van der Waals surface area contributed by atoms with E-state index in [0.717, 1.165) is 24.6 Å². The Labute approximate surface area is 97.6 Å². The minimum absolute atomic E-state index is 0.122. The van der Waals surface area contributed by atoms with Gasteiger partial charge in [0, 0.05) is 12.1 Å². The Balaban J connectivity index is 1.63. The van der Waals surface area contributed by atoms with Crippen LogP contribution in [0.5, 0.6) is 5.88 Å². The zero-order chi connectivity index (χ0) is 11.4. The molecular weight excluding hydrogens is 230 g/mol. The minimum atomic E-state index is -0.606. The number of ether oxygens (including phenoxy) is 1. The van der Waals surface area contributed by atoms with Gasteiger partial charge in [-0.2, -0.15) is 4.37 Å². The van der Waals surface area contributed by atoms with Crippen LogP contribution in [-0.4, -0.2) is 50.4 Å². The number of hydrogen-bond donors (Lipinski definition) is 3. The van der Waals surface area contributed by atoms with Crippen LogP contribution in [0.25, 0.3) is 0 Å². The largest absolute Gasteiger partial charge is 0.473 e. The van der Waals surface area contributed by atoms with E-state index in [2.05, 4.69) is 14.1 Å². The van der Waals surface area contributed by atoms with Crippen LogP contribution in [0.1, 0.15) is 12.8 Å². The molecule has 7 heteroatoms. The van der Waals surface area contributed by atoms with Gasteiger partial charge in [-0.15, -0.1) is 4.37 Å². The van der Waals surface area contributed by atoms with E-state index in [9.17, 15) is 5.11 Å². The molecule has 2 rings (SSSR count). The molecule has 1 unspecified atom stereocenters. The average molecular weight is 245 g/mol. The zero-order valence-electron chi connectivity index (χ0n) is 8.80. The van der Waals surface area contributed by atoms with Crippen LogP contribution < -0.4 is 10.1 Å². The number of hydrogen-bond acceptors (Lipinski definition) is 7. The van der Waals surface area contributed by atoms with E-state index in [1.165, 1.54) is 6.20 Å². The van der Waals surface area contributed by atoms with Crippen molar-refractivity contribution in [1.29, 1.82) is 0 Å². The molecule has 0 aromatic carbocycles. The number of nitrogens with one attached hydrogen (secondary N) is 1. The summed E-state index contributed by atoms with van der Waals surface area (Å²) in [6.07, 6.45) is 2.84. The Bertz CT molecular complexity index is 316. The maximum Gasteiger partial charge on any atom is 0.245 e. The highest BCUT2D eigenvalue weighted by atomic mass is 32.1. The molecule has 1 aromatic heterocycles. The summed E-state index contributed by atoms with van der Waals surface area (Å²) in [6, 6.07) is 0. The van der Waals surface area contributed by atoms with Crippen LogP contribution in [0, 0.1) is 0 Å². The highest BCUT2D eigenvalue weighted by Gasteiger charge is 2.41. The molecular formula is C9H15N3O3S. The molecule has 1 saturated carbocycles. The van der Waals surface area contributed by atoms with Gasteiger partial charge in [0.2, 0.25) is 5.88 Å². The van der Waals surface area contributed by atoms with Crippen molar-refractivity contribution in [3.05, 3.63) is 6.20 Å². The lowest BCUT2D eigenvalue weighted by atomic mass is 10.2. The molecule has 0 radical (unpaired) electrons. The summed E-state index contributed by atoms with van der Waals surface area (Å²) in [5.74, 6) is 0.437. The van der Waals surface area contributed by atoms with Crippen LogP contribution in [-0.2, 0) is 0 Å². The normalized spacial score (nSPS) is 19.4. The molecule has 1 atom stereocenters. The van der Waals surface area contributed by atoms with Gasteiger partial charge in [0.05, 0.1) is 18.3 Å². The monoisotopic (exact) mass is 245 g/mol. The third kappa shape index (κ3) is 3.11. The second-order valence-electron chi connectivity index (χ2n) is 4.03. The maximum absolute atomic E-state index is 9.62. The zero-order valence-corrected chi connectivity index (χ0v) is 9.61. The third-order valence-corrected chi connectivity index (χ3v) is 3.09. The van der Waals surface area contributed by atoms with Gasteiger partial charge in [-0.1, -0.05) is 0 Å². The molecule has 0 saturated heterocycles. The molecule has 3 N–H and O–H groups in total. The summed E-state index contributed by atoms with van der Waals surface area (Å²) >= 11 is 1.07. The first-order valence-corrected chi connectivity index (χ1v) is 5.91. The molecule has 1 aliphatic rings. The summed E-state index contributed by atoms with van der Waals surface area (Å²) in [5.41, 5.74) is -0.150. The fourth-order valence-corrected chi connectivity index (χ4v) is 1.70. The molecule has 1 aromatic rings. The summed E-state index contributed by atoms with van der Waals surface area (Å²) in [4.78, 5) is 0. The lowest BCUT2D eigenvalue weighted by Crippen LogP contribution is -2.41. The highest BCUT2D eigenvalue weighted by Crippen LogP contribution is 2.34. The molecule has 1 fully saturated rings. The van der Waals surface area contributed by atoms with Gasteiger partial charge >= 0.3 is 0 Å². The second-order valence-corrected chi connectivity index (χ2v) is 4.59. The number of aliphatic hydroxyl groups is 2. The SMILES string of the molecule is OCC1(NCC(O)COc2cnsn2)CC1. The molecule has 16 heavy (non-hydrogen) atoms. The number of rotatable bonds is 7. The van der Waals surface area contributed by atoms with Crippen LogP contribution in [0.15, 0.2) is 6.20 Å². The van der Waals surface area contributed by atoms with Gasteiger partial charge in [0.1, 0.15) is 18.9 Å². The minimum Gasteiger partial charge on any atom is -0.473 e. The van der Waals surface area contributed by atoms with Gasteiger partial charge in [0.25, 0.3) is 0 Å². The predicted octanol–water partition coefficient (Wildman–Crippen LogP) is -0.608. The van der Waals surface area contributed by atoms with Crippen molar-refractivity contribution in [3.8, 4) is 5.88 Å². The van der Waals surface area contributed by atoms with E-state index in [0.29, 0.717) is 12.4 Å². The fourth-order valence-electron chi connectivity index (χ4n) is 1.34. The number of β-amino-alcohol motifs (C(OH)–C–C–N with tert-alkyl or cyclic N) is 1. The van der Waals surface area contributed by atoms with Crippen molar-refractivity contribution < 1.29 is 14.9 Å². The first-order chi connectivity index (χ1) is 7.74. The topological polar surface area (TPSA) is 87.5 Å². The predicted molar refractivity (Wildman–Crippen MR) is 58.5 cm³/mol. The van der Waals surface area contributed by atoms with E-state index in [1.807, 2.05) is 0 Å². The van der Waals surface area contributed by atoms with Crippen LogP contribution in [0.4, 0.5) is 0 Å². The summed E-state index contributed by atoms with van der Waals surface area (Å²) in [7, 11) is 0. The summed E-state index contributed by atoms with van der Waals surface area (Å²) < 4.78 is 12.9. The average Bonchev–Trinajstić information content (AvgIpc) is 2.90. The lowest BCUT2D eigenvalue weighted by Gasteiger charge is -2.17. The fraction of sp³-hybridized carbons (Fsp3) is 0.778. The van der Waals surface area contributed by atoms with Crippen LogP contribution in [0.2, 0.25) is 0 Å². The Hall–Kier alpha value is -0.760. The van der Waals surface area contributed by atoms with Crippen molar-refractivity contribution in [2.75, 3.05) is 19.8 Å². The van der Waals surface area contributed by atoms with Gasteiger partial charge in [-0.25, -0.2) is 0 Å². The number of aromatic nitrogens is 2. The van der Waals surface area contributed by atoms with E-state index in [1.54, 1.807) is 0 Å². The molecule has 6 nitrogen and oxygen atoms in total. The lowest BCUT2D eigenvalue weighted by molar-refractivity contribution is 0.0961. The van der Waals surface area contributed by atoms with E-state index >= 15 is 0 Å². The molecule has 0 aliphatic heterocycles. The van der Waals surface area contributed by atoms with E-state index < -0.39 is 6.10 Å². The van der Waals surface area contributed by atoms with Crippen molar-refractivity contribution in [3.63, 3.8) is 0 Å². The van der Waals surface area contributed by atoms with Crippen molar-refractivity contribution in [2.45, 2.75) is 24.5 Å². The number of aliphatic hydroxyl groups excluding tert-OH is 2. The van der Waals surface area contributed by atoms with Gasteiger partial charge < -0.3 is 20.3 Å². The summed E-state index contributed by atoms with van der Waals surface area (Å²) in [6.45, 7) is 0.717. The smallest absolute Gasteiger partial charge is 0.245 e. The maximum atomic E-state index is 9.62. The Morgan fingerprint density at radius 1 is 1.62 bits per heavy atom. The standard InChI is InChI=1S/C9H15N3O3S/c13-6-9(1-2-9)10-3-7(14)5-15-8-4-11-16-12-8/h4,7,10,13-14H,1-3,5-6H2. The molecule has 0 spiro atoms. The molecule has 1 heterocycles. The second kappa shape index (κ2) is 5.05. The Morgan fingerprint density at radius 3 is 3.00 bits per heavy atom. The molecule has 0 amide bonds. The third-order valence-electron chi connectivity index (χ3n) is 2.63. The molecule has 1 aliphatic carbocycles. The number of nitrogens with zero attached hydrogens (tertiary/aromatic N) is 2. The van der Waals surface area contributed by atoms with Crippen LogP contribution in [0.3, 0.4) is 0 Å². The molecule has 90 valence electrons. The van der Waals surface area contributed by atoms with Gasteiger partial charge in [0.15, 0.2) is 0 Å². The van der Waals surface area contributed by atoms with E-state index in [4.69, 9.17) is 9.84 Å². The van der Waals surface area contributed by atoms with Crippen molar-refractivity contribution >= 4 is 11.7 Å². The van der Waals surface area contributed by atoms with Crippen molar-refractivity contribution in [2.24, 2.45) is 0 Å². The summed E-state index contributed by atoms with van der Waals surface area (Å²) in [5, 5.41) is 21.8. The molecule has 0 bridgehead atoms. The van der Waals surface area contributed by atoms with Gasteiger partial charge in [-0.3, -0.25) is 0 Å². The van der Waals surface area contributed by atoms with Crippen LogP contribution >= 0.6 is 11.7 Å². The first kappa shape index (κ1) is 11.7. The highest BCUT2D eigenvalue weighted by molar-refractivity contribution is 6.99. The Morgan fingerprint density at radius 2 is 2.44 bits per heavy atom. The van der Waals surface area contributed by atoms with Gasteiger partial charge in [-0.05, 0) is 12.8 Å².